The highest BCUT2D eigenvalue weighted by molar-refractivity contribution is 5.95. The summed E-state index contributed by atoms with van der Waals surface area (Å²) in [6.07, 6.45) is 3.01. The Bertz CT molecular complexity index is 396. The van der Waals surface area contributed by atoms with Gasteiger partial charge in [0.25, 0.3) is 0 Å². The quantitative estimate of drug-likeness (QED) is 0.539. The van der Waals surface area contributed by atoms with Gasteiger partial charge in [0.1, 0.15) is 0 Å². The van der Waals surface area contributed by atoms with Crippen molar-refractivity contribution in [1.29, 1.82) is 0 Å². The van der Waals surface area contributed by atoms with Crippen LogP contribution in [0.15, 0.2) is 29.8 Å². The minimum absolute atomic E-state index is 0.149. The first-order valence-electron chi connectivity index (χ1n) is 5.25. The summed E-state index contributed by atoms with van der Waals surface area (Å²) < 4.78 is 0. The summed E-state index contributed by atoms with van der Waals surface area (Å²) in [5.41, 5.74) is 4.49. The lowest BCUT2D eigenvalue weighted by Crippen LogP contribution is -2.01. The fourth-order valence-corrected chi connectivity index (χ4v) is 1.61. The molecular formula is C14H18O. The molecule has 80 valence electrons. The predicted molar refractivity (Wildman–Crippen MR) is 64.3 cm³/mol. The number of Topliss-reactive ketones (excluding diaryl/α,β-unsaturated/α-hetero) is 1. The van der Waals surface area contributed by atoms with Crippen LogP contribution in [0.2, 0.25) is 0 Å². The van der Waals surface area contributed by atoms with Gasteiger partial charge in [-0.05, 0) is 45.2 Å². The Balaban J connectivity index is 3.13. The zero-order valence-corrected chi connectivity index (χ0v) is 9.92. The highest BCUT2D eigenvalue weighted by Crippen LogP contribution is 2.16. The number of benzene rings is 1. The van der Waals surface area contributed by atoms with E-state index < -0.39 is 0 Å². The molecular weight excluding hydrogens is 184 g/mol. The number of hydrogen-bond donors (Lipinski definition) is 0. The molecule has 0 saturated carbocycles. The van der Waals surface area contributed by atoms with Crippen molar-refractivity contribution in [2.24, 2.45) is 0 Å². The van der Waals surface area contributed by atoms with Crippen molar-refractivity contribution in [2.45, 2.75) is 34.1 Å². The summed E-state index contributed by atoms with van der Waals surface area (Å²) in [6, 6.07) is 5.90. The maximum Gasteiger partial charge on any atom is 0.160 e. The van der Waals surface area contributed by atoms with Crippen LogP contribution in [-0.2, 0) is 6.42 Å². The number of hydrogen-bond acceptors (Lipinski definition) is 1. The summed E-state index contributed by atoms with van der Waals surface area (Å²) in [5.74, 6) is 0.149. The van der Waals surface area contributed by atoms with Gasteiger partial charge in [-0.3, -0.25) is 4.79 Å². The lowest BCUT2D eigenvalue weighted by molar-refractivity contribution is 0.101. The molecule has 0 atom stereocenters. The van der Waals surface area contributed by atoms with E-state index in [0.29, 0.717) is 0 Å². The van der Waals surface area contributed by atoms with Crippen LogP contribution >= 0.6 is 0 Å². The van der Waals surface area contributed by atoms with Gasteiger partial charge in [-0.1, -0.05) is 29.8 Å². The minimum atomic E-state index is 0.149. The minimum Gasteiger partial charge on any atom is -0.295 e. The molecule has 0 N–H and O–H groups in total. The standard InChI is InChI=1S/C14H18O/c1-10(2)8-9-13-11(3)6-5-7-14(13)12(4)15/h5-8H,9H2,1-4H3. The molecule has 1 heteroatoms. The molecule has 0 spiro atoms. The summed E-state index contributed by atoms with van der Waals surface area (Å²) in [6.45, 7) is 7.83. The fraction of sp³-hybridized carbons (Fsp3) is 0.357. The molecule has 0 amide bonds. The highest BCUT2D eigenvalue weighted by Gasteiger charge is 2.07. The third kappa shape index (κ3) is 3.05. The van der Waals surface area contributed by atoms with Crippen molar-refractivity contribution in [3.63, 3.8) is 0 Å². The van der Waals surface area contributed by atoms with Gasteiger partial charge in [-0.25, -0.2) is 0 Å². The zero-order valence-electron chi connectivity index (χ0n) is 9.92. The first-order chi connectivity index (χ1) is 7.02. The number of aryl methyl sites for hydroxylation is 1. The number of carbonyl (C=O) groups excluding carboxylic acids is 1. The van der Waals surface area contributed by atoms with Gasteiger partial charge in [0.2, 0.25) is 0 Å². The maximum absolute atomic E-state index is 11.4. The van der Waals surface area contributed by atoms with E-state index in [0.717, 1.165) is 17.5 Å². The lowest BCUT2D eigenvalue weighted by atomic mass is 9.96. The molecule has 0 aliphatic heterocycles. The molecule has 0 aliphatic rings. The monoisotopic (exact) mass is 202 g/mol. The van der Waals surface area contributed by atoms with Gasteiger partial charge < -0.3 is 0 Å². The van der Waals surface area contributed by atoms with Crippen molar-refractivity contribution in [1.82, 2.24) is 0 Å². The van der Waals surface area contributed by atoms with E-state index in [1.165, 1.54) is 11.1 Å². The lowest BCUT2D eigenvalue weighted by Gasteiger charge is -2.08. The van der Waals surface area contributed by atoms with E-state index in [1.807, 2.05) is 12.1 Å². The Morgan fingerprint density at radius 1 is 1.27 bits per heavy atom. The molecule has 1 aromatic carbocycles. The average molecular weight is 202 g/mol. The Labute approximate surface area is 91.8 Å². The fourth-order valence-electron chi connectivity index (χ4n) is 1.61. The van der Waals surface area contributed by atoms with E-state index in [-0.39, 0.29) is 5.78 Å². The van der Waals surface area contributed by atoms with Crippen molar-refractivity contribution in [2.75, 3.05) is 0 Å². The van der Waals surface area contributed by atoms with E-state index in [4.69, 9.17) is 0 Å². The Kier molecular flexibility index (Phi) is 3.84. The first kappa shape index (κ1) is 11.7. The second-order valence-corrected chi connectivity index (χ2v) is 4.14. The van der Waals surface area contributed by atoms with Crippen LogP contribution in [0.1, 0.15) is 42.3 Å². The Morgan fingerprint density at radius 2 is 1.93 bits per heavy atom. The van der Waals surface area contributed by atoms with Crippen LogP contribution in [0.4, 0.5) is 0 Å². The normalized spacial score (nSPS) is 9.87. The molecule has 0 aliphatic carbocycles. The van der Waals surface area contributed by atoms with Gasteiger partial charge in [0.15, 0.2) is 5.78 Å². The number of ketones is 1. The van der Waals surface area contributed by atoms with E-state index in [1.54, 1.807) is 6.92 Å². The molecule has 0 aromatic heterocycles. The maximum atomic E-state index is 11.4. The molecule has 1 nitrogen and oxygen atoms in total. The molecule has 0 bridgehead atoms. The van der Waals surface area contributed by atoms with Crippen LogP contribution in [-0.4, -0.2) is 5.78 Å². The summed E-state index contributed by atoms with van der Waals surface area (Å²) in [7, 11) is 0. The summed E-state index contributed by atoms with van der Waals surface area (Å²) in [4.78, 5) is 11.4. The van der Waals surface area contributed by atoms with Gasteiger partial charge >= 0.3 is 0 Å². The molecule has 0 saturated heterocycles. The van der Waals surface area contributed by atoms with Crippen molar-refractivity contribution in [3.8, 4) is 0 Å². The van der Waals surface area contributed by atoms with Crippen molar-refractivity contribution >= 4 is 5.78 Å². The van der Waals surface area contributed by atoms with Gasteiger partial charge in [-0.2, -0.15) is 0 Å². The zero-order chi connectivity index (χ0) is 11.4. The van der Waals surface area contributed by atoms with Gasteiger partial charge in [0.05, 0.1) is 0 Å². The topological polar surface area (TPSA) is 17.1 Å². The van der Waals surface area contributed by atoms with Crippen LogP contribution in [0, 0.1) is 6.92 Å². The van der Waals surface area contributed by atoms with Gasteiger partial charge in [0, 0.05) is 5.56 Å². The smallest absolute Gasteiger partial charge is 0.160 e. The first-order valence-corrected chi connectivity index (χ1v) is 5.25. The number of carbonyl (C=O) groups is 1. The molecule has 0 fully saturated rings. The molecule has 0 unspecified atom stereocenters. The summed E-state index contributed by atoms with van der Waals surface area (Å²) >= 11 is 0. The average Bonchev–Trinajstić information content (AvgIpc) is 2.15. The molecule has 0 heterocycles. The van der Waals surface area contributed by atoms with Crippen LogP contribution < -0.4 is 0 Å². The largest absolute Gasteiger partial charge is 0.295 e. The van der Waals surface area contributed by atoms with Crippen LogP contribution in [0.3, 0.4) is 0 Å². The SMILES string of the molecule is CC(=O)c1cccc(C)c1CC=C(C)C. The number of allylic oxidation sites excluding steroid dienone is 2. The third-order valence-corrected chi connectivity index (χ3v) is 2.50. The molecule has 1 aromatic rings. The molecule has 1 rings (SSSR count). The van der Waals surface area contributed by atoms with Crippen LogP contribution in [0.25, 0.3) is 0 Å². The predicted octanol–water partition coefficient (Wildman–Crippen LogP) is 3.71. The van der Waals surface area contributed by atoms with Crippen LogP contribution in [0.5, 0.6) is 0 Å². The highest BCUT2D eigenvalue weighted by atomic mass is 16.1. The second kappa shape index (κ2) is 4.92. The van der Waals surface area contributed by atoms with Crippen molar-refractivity contribution < 1.29 is 4.79 Å². The van der Waals surface area contributed by atoms with Crippen molar-refractivity contribution in [3.05, 3.63) is 46.5 Å². The number of rotatable bonds is 3. The van der Waals surface area contributed by atoms with E-state index in [2.05, 4.69) is 32.9 Å². The Morgan fingerprint density at radius 3 is 2.47 bits per heavy atom. The molecule has 0 radical (unpaired) electrons. The van der Waals surface area contributed by atoms with E-state index >= 15 is 0 Å². The second-order valence-electron chi connectivity index (χ2n) is 4.14. The molecule has 15 heavy (non-hydrogen) atoms. The Hall–Kier alpha value is -1.37. The summed E-state index contributed by atoms with van der Waals surface area (Å²) in [5, 5.41) is 0. The third-order valence-electron chi connectivity index (χ3n) is 2.50. The van der Waals surface area contributed by atoms with Gasteiger partial charge in [-0.15, -0.1) is 0 Å². The van der Waals surface area contributed by atoms with E-state index in [9.17, 15) is 4.79 Å².